The van der Waals surface area contributed by atoms with E-state index in [0.29, 0.717) is 12.1 Å². The molecule has 8 heteroatoms. The van der Waals surface area contributed by atoms with Gasteiger partial charge in [-0.1, -0.05) is 42.5 Å². The molecule has 0 aliphatic rings. The van der Waals surface area contributed by atoms with Crippen LogP contribution < -0.4 is 21.9 Å². The van der Waals surface area contributed by atoms with Crippen molar-refractivity contribution in [3.63, 3.8) is 0 Å². The molecule has 0 heterocycles. The Labute approximate surface area is 176 Å². The standard InChI is InChI=1S/C22H28N4O4/c1-22(2,3)30-21(29)24-18(13-15-7-5-4-6-8-15)20(28)26-25-19(27)17-11-9-16(14-23)10-12-17/h4-12,18H,13-14,23H2,1-3H3,(H,24,29)(H,25,27)(H,26,28). The highest BCUT2D eigenvalue weighted by molar-refractivity contribution is 5.96. The van der Waals surface area contributed by atoms with Gasteiger partial charge in [0, 0.05) is 18.5 Å². The van der Waals surface area contributed by atoms with Gasteiger partial charge in [0.1, 0.15) is 11.6 Å². The number of hydrazine groups is 1. The first-order valence-electron chi connectivity index (χ1n) is 9.60. The van der Waals surface area contributed by atoms with E-state index in [9.17, 15) is 14.4 Å². The normalized spacial score (nSPS) is 11.9. The minimum Gasteiger partial charge on any atom is -0.444 e. The van der Waals surface area contributed by atoms with Crippen molar-refractivity contribution in [1.29, 1.82) is 0 Å². The number of benzene rings is 2. The third-order valence-electron chi connectivity index (χ3n) is 4.04. The molecule has 2 aromatic rings. The van der Waals surface area contributed by atoms with Crippen molar-refractivity contribution in [2.45, 2.75) is 45.4 Å². The van der Waals surface area contributed by atoms with Crippen LogP contribution in [-0.2, 0) is 22.5 Å². The molecule has 2 rings (SSSR count). The Morgan fingerprint density at radius 3 is 2.13 bits per heavy atom. The highest BCUT2D eigenvalue weighted by Crippen LogP contribution is 2.09. The second kappa shape index (κ2) is 10.4. The minimum atomic E-state index is -0.942. The van der Waals surface area contributed by atoms with Gasteiger partial charge in [-0.15, -0.1) is 0 Å². The van der Waals surface area contributed by atoms with E-state index in [2.05, 4.69) is 16.2 Å². The zero-order chi connectivity index (χ0) is 22.1. The second-order valence-corrected chi connectivity index (χ2v) is 7.73. The van der Waals surface area contributed by atoms with E-state index in [-0.39, 0.29) is 6.42 Å². The van der Waals surface area contributed by atoms with Crippen LogP contribution in [0.1, 0.15) is 42.3 Å². The lowest BCUT2D eigenvalue weighted by Gasteiger charge is -2.23. The summed E-state index contributed by atoms with van der Waals surface area (Å²) in [5.41, 5.74) is 11.7. The summed E-state index contributed by atoms with van der Waals surface area (Å²) in [5.74, 6) is -1.06. The van der Waals surface area contributed by atoms with E-state index in [1.54, 1.807) is 45.0 Å². The maximum atomic E-state index is 12.7. The first-order chi connectivity index (χ1) is 14.2. The lowest BCUT2D eigenvalue weighted by molar-refractivity contribution is -0.124. The number of nitrogens with two attached hydrogens (primary N) is 1. The average Bonchev–Trinajstić information content (AvgIpc) is 2.70. The fraction of sp³-hybridized carbons (Fsp3) is 0.318. The summed E-state index contributed by atoms with van der Waals surface area (Å²) in [7, 11) is 0. The van der Waals surface area contributed by atoms with Crippen LogP contribution in [-0.4, -0.2) is 29.6 Å². The molecule has 0 aromatic heterocycles. The summed E-state index contributed by atoms with van der Waals surface area (Å²) in [5, 5.41) is 2.56. The van der Waals surface area contributed by atoms with Crippen molar-refractivity contribution in [2.75, 3.05) is 0 Å². The molecule has 0 spiro atoms. The van der Waals surface area contributed by atoms with E-state index in [1.807, 2.05) is 30.3 Å². The summed E-state index contributed by atoms with van der Waals surface area (Å²) >= 11 is 0. The maximum absolute atomic E-state index is 12.7. The maximum Gasteiger partial charge on any atom is 0.408 e. The molecule has 30 heavy (non-hydrogen) atoms. The van der Waals surface area contributed by atoms with Gasteiger partial charge in [-0.25, -0.2) is 4.79 Å². The molecule has 0 aliphatic heterocycles. The summed E-state index contributed by atoms with van der Waals surface area (Å²) in [6.07, 6.45) is -0.491. The number of amides is 3. The van der Waals surface area contributed by atoms with Crippen LogP contribution in [0, 0.1) is 0 Å². The van der Waals surface area contributed by atoms with Crippen LogP contribution in [0.3, 0.4) is 0 Å². The molecule has 8 nitrogen and oxygen atoms in total. The first kappa shape index (κ1) is 22.9. The lowest BCUT2D eigenvalue weighted by atomic mass is 10.1. The van der Waals surface area contributed by atoms with E-state index < -0.39 is 29.6 Å². The van der Waals surface area contributed by atoms with E-state index in [4.69, 9.17) is 10.5 Å². The molecule has 0 bridgehead atoms. The van der Waals surface area contributed by atoms with Crippen molar-refractivity contribution in [3.8, 4) is 0 Å². The second-order valence-electron chi connectivity index (χ2n) is 7.73. The van der Waals surface area contributed by atoms with Crippen molar-refractivity contribution in [3.05, 3.63) is 71.3 Å². The lowest BCUT2D eigenvalue weighted by Crippen LogP contribution is -2.53. The van der Waals surface area contributed by atoms with E-state index in [1.165, 1.54) is 0 Å². The molecule has 3 amide bonds. The minimum absolute atomic E-state index is 0.229. The molecule has 1 atom stereocenters. The summed E-state index contributed by atoms with van der Waals surface area (Å²) in [6.45, 7) is 5.56. The van der Waals surface area contributed by atoms with Crippen LogP contribution in [0.15, 0.2) is 54.6 Å². The highest BCUT2D eigenvalue weighted by Gasteiger charge is 2.25. The van der Waals surface area contributed by atoms with Crippen molar-refractivity contribution in [2.24, 2.45) is 5.73 Å². The summed E-state index contributed by atoms with van der Waals surface area (Å²) in [6, 6.07) is 15.0. The predicted molar refractivity (Wildman–Crippen MR) is 113 cm³/mol. The number of carbonyl (C=O) groups excluding carboxylic acids is 3. The number of ether oxygens (including phenoxy) is 1. The van der Waals surface area contributed by atoms with Gasteiger partial charge in [-0.2, -0.15) is 0 Å². The molecule has 160 valence electrons. The zero-order valence-electron chi connectivity index (χ0n) is 17.4. The topological polar surface area (TPSA) is 123 Å². The van der Waals surface area contributed by atoms with Crippen molar-refractivity contribution < 1.29 is 19.1 Å². The Hall–Kier alpha value is -3.39. The zero-order valence-corrected chi connectivity index (χ0v) is 17.4. The SMILES string of the molecule is CC(C)(C)OC(=O)NC(Cc1ccccc1)C(=O)NNC(=O)c1ccc(CN)cc1. The Bertz CT molecular complexity index is 861. The van der Waals surface area contributed by atoms with Crippen LogP contribution in [0.4, 0.5) is 4.79 Å². The Kier molecular flexibility index (Phi) is 7.94. The first-order valence-corrected chi connectivity index (χ1v) is 9.60. The number of rotatable bonds is 6. The van der Waals surface area contributed by atoms with Crippen LogP contribution >= 0.6 is 0 Å². The number of alkyl carbamates (subject to hydrolysis) is 1. The van der Waals surface area contributed by atoms with Gasteiger partial charge in [-0.05, 0) is 44.0 Å². The van der Waals surface area contributed by atoms with E-state index >= 15 is 0 Å². The van der Waals surface area contributed by atoms with Gasteiger partial charge in [0.15, 0.2) is 0 Å². The molecular weight excluding hydrogens is 384 g/mol. The third-order valence-corrected chi connectivity index (χ3v) is 4.04. The molecule has 0 radical (unpaired) electrons. The average molecular weight is 412 g/mol. The Morgan fingerprint density at radius 2 is 1.57 bits per heavy atom. The van der Waals surface area contributed by atoms with Crippen LogP contribution in [0.2, 0.25) is 0 Å². The van der Waals surface area contributed by atoms with Gasteiger partial charge >= 0.3 is 6.09 Å². The van der Waals surface area contributed by atoms with Gasteiger partial charge in [0.25, 0.3) is 11.8 Å². The summed E-state index contributed by atoms with van der Waals surface area (Å²) < 4.78 is 5.25. The molecule has 1 unspecified atom stereocenters. The van der Waals surface area contributed by atoms with Crippen LogP contribution in [0.25, 0.3) is 0 Å². The molecular formula is C22H28N4O4. The number of hydrogen-bond donors (Lipinski definition) is 4. The molecule has 0 fully saturated rings. The van der Waals surface area contributed by atoms with Crippen molar-refractivity contribution in [1.82, 2.24) is 16.2 Å². The Morgan fingerprint density at radius 1 is 0.933 bits per heavy atom. The fourth-order valence-corrected chi connectivity index (χ4v) is 2.58. The molecule has 2 aromatic carbocycles. The largest absolute Gasteiger partial charge is 0.444 e. The molecule has 0 saturated heterocycles. The monoisotopic (exact) mass is 412 g/mol. The van der Waals surface area contributed by atoms with Gasteiger partial charge in [0.2, 0.25) is 0 Å². The van der Waals surface area contributed by atoms with Gasteiger partial charge < -0.3 is 15.8 Å². The molecule has 0 saturated carbocycles. The van der Waals surface area contributed by atoms with Crippen molar-refractivity contribution >= 4 is 17.9 Å². The Balaban J connectivity index is 2.03. The quantitative estimate of drug-likeness (QED) is 0.541. The highest BCUT2D eigenvalue weighted by atomic mass is 16.6. The third kappa shape index (κ3) is 7.56. The molecule has 5 N–H and O–H groups in total. The fourth-order valence-electron chi connectivity index (χ4n) is 2.58. The number of carbonyl (C=O) groups is 3. The van der Waals surface area contributed by atoms with Crippen LogP contribution in [0.5, 0.6) is 0 Å². The van der Waals surface area contributed by atoms with E-state index in [0.717, 1.165) is 11.1 Å². The predicted octanol–water partition coefficient (Wildman–Crippen LogP) is 2.04. The number of nitrogens with one attached hydrogen (secondary N) is 3. The van der Waals surface area contributed by atoms with Gasteiger partial charge in [-0.3, -0.25) is 20.4 Å². The van der Waals surface area contributed by atoms with Gasteiger partial charge in [0.05, 0.1) is 0 Å². The summed E-state index contributed by atoms with van der Waals surface area (Å²) in [4.78, 5) is 37.1. The number of hydrogen-bond acceptors (Lipinski definition) is 5. The molecule has 0 aliphatic carbocycles. The smallest absolute Gasteiger partial charge is 0.408 e.